The summed E-state index contributed by atoms with van der Waals surface area (Å²) in [6, 6.07) is 1.57. The van der Waals surface area contributed by atoms with Crippen molar-refractivity contribution in [1.82, 2.24) is 5.32 Å². The van der Waals surface area contributed by atoms with Gasteiger partial charge in [-0.05, 0) is 50.4 Å². The molecule has 0 amide bonds. The van der Waals surface area contributed by atoms with Crippen LogP contribution in [0.3, 0.4) is 0 Å². The van der Waals surface area contributed by atoms with Gasteiger partial charge in [-0.2, -0.15) is 0 Å². The smallest absolute Gasteiger partial charge is 0.00698 e. The first kappa shape index (κ1) is 15.0. The second-order valence-electron chi connectivity index (χ2n) is 6.15. The number of rotatable bonds is 7. The van der Waals surface area contributed by atoms with E-state index in [2.05, 4.69) is 33.0 Å². The predicted octanol–water partition coefficient (Wildman–Crippen LogP) is 4.76. The maximum atomic E-state index is 3.92. The summed E-state index contributed by atoms with van der Waals surface area (Å²) in [6.45, 7) is 9.37. The van der Waals surface area contributed by atoms with E-state index >= 15 is 0 Å². The molecule has 2 unspecified atom stereocenters. The molecule has 0 radical (unpaired) electrons. The highest BCUT2D eigenvalue weighted by Gasteiger charge is 2.22. The third-order valence-electron chi connectivity index (χ3n) is 4.77. The molecule has 0 saturated heterocycles. The second-order valence-corrected chi connectivity index (χ2v) is 6.15. The molecule has 0 aliphatic heterocycles. The van der Waals surface area contributed by atoms with Crippen LogP contribution in [-0.4, -0.2) is 12.1 Å². The van der Waals surface area contributed by atoms with Crippen molar-refractivity contribution >= 4 is 0 Å². The quantitative estimate of drug-likeness (QED) is 0.675. The molecular formula is C16H33N. The van der Waals surface area contributed by atoms with E-state index in [1.165, 1.54) is 51.4 Å². The Hall–Kier alpha value is -0.0400. The van der Waals surface area contributed by atoms with Crippen molar-refractivity contribution < 1.29 is 0 Å². The summed E-state index contributed by atoms with van der Waals surface area (Å²) in [4.78, 5) is 0. The van der Waals surface area contributed by atoms with E-state index in [-0.39, 0.29) is 0 Å². The first-order valence-electron chi connectivity index (χ1n) is 7.95. The Balaban J connectivity index is 2.26. The molecule has 1 fully saturated rings. The lowest BCUT2D eigenvalue weighted by Crippen LogP contribution is -2.41. The van der Waals surface area contributed by atoms with Crippen molar-refractivity contribution in [3.63, 3.8) is 0 Å². The SMILES string of the molecule is CCC(C)CC(CC)NC1CCC(CC)CC1. The molecule has 1 aliphatic carbocycles. The Morgan fingerprint density at radius 3 is 2.12 bits per heavy atom. The van der Waals surface area contributed by atoms with Crippen LogP contribution in [-0.2, 0) is 0 Å². The van der Waals surface area contributed by atoms with Crippen LogP contribution in [0, 0.1) is 11.8 Å². The molecule has 1 N–H and O–H groups in total. The van der Waals surface area contributed by atoms with Gasteiger partial charge in [-0.1, -0.05) is 40.5 Å². The van der Waals surface area contributed by atoms with Crippen molar-refractivity contribution in [2.45, 2.75) is 91.1 Å². The van der Waals surface area contributed by atoms with E-state index in [0.29, 0.717) is 0 Å². The summed E-state index contributed by atoms with van der Waals surface area (Å²) in [6.07, 6.45) is 11.1. The Bertz CT molecular complexity index is 182. The predicted molar refractivity (Wildman–Crippen MR) is 77.3 cm³/mol. The molecule has 17 heavy (non-hydrogen) atoms. The Labute approximate surface area is 109 Å². The highest BCUT2D eigenvalue weighted by molar-refractivity contribution is 4.80. The average Bonchev–Trinajstić information content (AvgIpc) is 2.38. The Morgan fingerprint density at radius 1 is 1.00 bits per heavy atom. The third-order valence-corrected chi connectivity index (χ3v) is 4.77. The molecule has 2 atom stereocenters. The normalized spacial score (nSPS) is 28.9. The number of hydrogen-bond acceptors (Lipinski definition) is 1. The highest BCUT2D eigenvalue weighted by Crippen LogP contribution is 2.27. The van der Waals surface area contributed by atoms with Crippen LogP contribution in [0.5, 0.6) is 0 Å². The van der Waals surface area contributed by atoms with Gasteiger partial charge in [-0.3, -0.25) is 0 Å². The summed E-state index contributed by atoms with van der Waals surface area (Å²) >= 11 is 0. The van der Waals surface area contributed by atoms with Crippen molar-refractivity contribution in [2.75, 3.05) is 0 Å². The lowest BCUT2D eigenvalue weighted by atomic mass is 9.84. The van der Waals surface area contributed by atoms with Gasteiger partial charge in [0.1, 0.15) is 0 Å². The van der Waals surface area contributed by atoms with Crippen LogP contribution in [0.25, 0.3) is 0 Å². The summed E-state index contributed by atoms with van der Waals surface area (Å²) in [5, 5.41) is 3.92. The largest absolute Gasteiger partial charge is 0.311 e. The summed E-state index contributed by atoms with van der Waals surface area (Å²) in [5.41, 5.74) is 0. The maximum absolute atomic E-state index is 3.92. The average molecular weight is 239 g/mol. The van der Waals surface area contributed by atoms with Gasteiger partial charge in [-0.25, -0.2) is 0 Å². The van der Waals surface area contributed by atoms with Gasteiger partial charge in [0, 0.05) is 12.1 Å². The van der Waals surface area contributed by atoms with E-state index in [4.69, 9.17) is 0 Å². The molecule has 0 aromatic heterocycles. The first-order chi connectivity index (χ1) is 8.19. The standard InChI is InChI=1S/C16H33N/c1-5-13(4)12-15(7-3)17-16-10-8-14(6-2)9-11-16/h13-17H,5-12H2,1-4H3. The van der Waals surface area contributed by atoms with Crippen LogP contribution < -0.4 is 5.32 Å². The van der Waals surface area contributed by atoms with E-state index < -0.39 is 0 Å². The van der Waals surface area contributed by atoms with Gasteiger partial charge >= 0.3 is 0 Å². The van der Waals surface area contributed by atoms with Crippen LogP contribution >= 0.6 is 0 Å². The van der Waals surface area contributed by atoms with Crippen molar-refractivity contribution in [2.24, 2.45) is 11.8 Å². The third kappa shape index (κ3) is 5.42. The molecule has 1 nitrogen and oxygen atoms in total. The lowest BCUT2D eigenvalue weighted by molar-refractivity contribution is 0.253. The van der Waals surface area contributed by atoms with Crippen molar-refractivity contribution in [3.05, 3.63) is 0 Å². The molecule has 0 heterocycles. The monoisotopic (exact) mass is 239 g/mol. The van der Waals surface area contributed by atoms with E-state index in [9.17, 15) is 0 Å². The molecular weight excluding hydrogens is 206 g/mol. The zero-order valence-corrected chi connectivity index (χ0v) is 12.5. The highest BCUT2D eigenvalue weighted by atomic mass is 14.9. The molecule has 0 spiro atoms. The van der Waals surface area contributed by atoms with Gasteiger partial charge in [0.05, 0.1) is 0 Å². The van der Waals surface area contributed by atoms with Crippen LogP contribution in [0.4, 0.5) is 0 Å². The topological polar surface area (TPSA) is 12.0 Å². The van der Waals surface area contributed by atoms with Gasteiger partial charge in [0.2, 0.25) is 0 Å². The minimum absolute atomic E-state index is 0.758. The number of nitrogens with one attached hydrogen (secondary N) is 1. The minimum atomic E-state index is 0.758. The fourth-order valence-electron chi connectivity index (χ4n) is 3.08. The van der Waals surface area contributed by atoms with E-state index in [1.807, 2.05) is 0 Å². The van der Waals surface area contributed by atoms with Crippen molar-refractivity contribution in [1.29, 1.82) is 0 Å². The van der Waals surface area contributed by atoms with E-state index in [1.54, 1.807) is 0 Å². The van der Waals surface area contributed by atoms with Crippen LogP contribution in [0.1, 0.15) is 79.1 Å². The van der Waals surface area contributed by atoms with E-state index in [0.717, 1.165) is 23.9 Å². The van der Waals surface area contributed by atoms with Gasteiger partial charge < -0.3 is 5.32 Å². The van der Waals surface area contributed by atoms with Crippen LogP contribution in [0.15, 0.2) is 0 Å². The van der Waals surface area contributed by atoms with Gasteiger partial charge in [-0.15, -0.1) is 0 Å². The second kappa shape index (κ2) is 8.13. The Kier molecular flexibility index (Phi) is 7.18. The fourth-order valence-corrected chi connectivity index (χ4v) is 3.08. The minimum Gasteiger partial charge on any atom is -0.311 e. The maximum Gasteiger partial charge on any atom is 0.00698 e. The van der Waals surface area contributed by atoms with Gasteiger partial charge in [0.15, 0.2) is 0 Å². The zero-order valence-electron chi connectivity index (χ0n) is 12.5. The lowest BCUT2D eigenvalue weighted by Gasteiger charge is -2.32. The molecule has 0 aromatic carbocycles. The fraction of sp³-hybridized carbons (Fsp3) is 1.00. The summed E-state index contributed by atoms with van der Waals surface area (Å²) in [7, 11) is 0. The molecule has 1 heteroatoms. The number of hydrogen-bond donors (Lipinski definition) is 1. The Morgan fingerprint density at radius 2 is 1.65 bits per heavy atom. The molecule has 1 aliphatic rings. The molecule has 102 valence electrons. The molecule has 0 bridgehead atoms. The first-order valence-corrected chi connectivity index (χ1v) is 7.95. The summed E-state index contributed by atoms with van der Waals surface area (Å²) < 4.78 is 0. The molecule has 1 saturated carbocycles. The molecule has 0 aromatic rings. The zero-order chi connectivity index (χ0) is 12.7. The van der Waals surface area contributed by atoms with Crippen LogP contribution in [0.2, 0.25) is 0 Å². The van der Waals surface area contributed by atoms with Gasteiger partial charge in [0.25, 0.3) is 0 Å². The summed E-state index contributed by atoms with van der Waals surface area (Å²) in [5.74, 6) is 1.89. The molecule has 1 rings (SSSR count). The van der Waals surface area contributed by atoms with Crippen molar-refractivity contribution in [3.8, 4) is 0 Å².